The molecule has 1 N–H and O–H groups in total. The van der Waals surface area contributed by atoms with E-state index in [1.807, 2.05) is 18.2 Å². The molecule has 0 bridgehead atoms. The topological polar surface area (TPSA) is 49.4 Å². The van der Waals surface area contributed by atoms with Crippen LogP contribution in [0.25, 0.3) is 0 Å². The summed E-state index contributed by atoms with van der Waals surface area (Å²) in [6.07, 6.45) is 8.20. The van der Waals surface area contributed by atoms with E-state index in [2.05, 4.69) is 5.32 Å². The van der Waals surface area contributed by atoms with Crippen molar-refractivity contribution in [2.45, 2.75) is 50.6 Å². The Kier molecular flexibility index (Phi) is 8.58. The Bertz CT molecular complexity index is 636. The van der Waals surface area contributed by atoms with Gasteiger partial charge < -0.3 is 10.2 Å². The smallest absolute Gasteiger partial charge is 0.253 e. The molecule has 0 aliphatic heterocycles. The lowest BCUT2D eigenvalue weighted by Crippen LogP contribution is -2.51. The highest BCUT2D eigenvalue weighted by Gasteiger charge is 2.29. The van der Waals surface area contributed by atoms with Crippen LogP contribution in [0.2, 0.25) is 10.0 Å². The van der Waals surface area contributed by atoms with Crippen LogP contribution < -0.4 is 5.32 Å². The summed E-state index contributed by atoms with van der Waals surface area (Å²) in [7, 11) is 1.85. The number of nitrogens with one attached hydrogen (secondary N) is 1. The first kappa shape index (κ1) is 21.4. The van der Waals surface area contributed by atoms with E-state index in [4.69, 9.17) is 23.2 Å². The number of carbonyl (C=O) groups excluding carboxylic acids is 2. The lowest BCUT2D eigenvalue weighted by atomic mass is 9.94. The maximum absolute atomic E-state index is 13.0. The van der Waals surface area contributed by atoms with Crippen LogP contribution in [0.3, 0.4) is 0 Å². The van der Waals surface area contributed by atoms with Gasteiger partial charge in [0.15, 0.2) is 0 Å². The third-order valence-electron chi connectivity index (χ3n) is 4.86. The van der Waals surface area contributed by atoms with Crippen LogP contribution in [0.4, 0.5) is 0 Å². The number of hydrogen-bond donors (Lipinski definition) is 1. The summed E-state index contributed by atoms with van der Waals surface area (Å²) in [4.78, 5) is 27.5. The summed E-state index contributed by atoms with van der Waals surface area (Å²) < 4.78 is 0. The Morgan fingerprint density at radius 1 is 1.27 bits per heavy atom. The van der Waals surface area contributed by atoms with Gasteiger partial charge in [-0.05, 0) is 49.5 Å². The van der Waals surface area contributed by atoms with Gasteiger partial charge in [0, 0.05) is 18.1 Å². The molecular formula is C19H26Cl2N2O2S. The Hall–Kier alpha value is -0.910. The fourth-order valence-corrected chi connectivity index (χ4v) is 4.26. The van der Waals surface area contributed by atoms with Crippen molar-refractivity contribution in [1.29, 1.82) is 0 Å². The molecule has 1 aliphatic rings. The van der Waals surface area contributed by atoms with Crippen molar-refractivity contribution in [3.05, 3.63) is 33.8 Å². The third kappa shape index (κ3) is 5.80. The van der Waals surface area contributed by atoms with Crippen molar-refractivity contribution in [3.8, 4) is 0 Å². The zero-order valence-electron chi connectivity index (χ0n) is 15.3. The molecule has 2 rings (SSSR count). The second kappa shape index (κ2) is 10.4. The van der Waals surface area contributed by atoms with Gasteiger partial charge in [-0.3, -0.25) is 9.59 Å². The van der Waals surface area contributed by atoms with Crippen LogP contribution in [0.1, 0.15) is 48.9 Å². The van der Waals surface area contributed by atoms with Crippen LogP contribution in [0.5, 0.6) is 0 Å². The molecule has 144 valence electrons. The monoisotopic (exact) mass is 416 g/mol. The van der Waals surface area contributed by atoms with E-state index >= 15 is 0 Å². The first-order chi connectivity index (χ1) is 12.4. The van der Waals surface area contributed by atoms with Crippen molar-refractivity contribution in [2.24, 2.45) is 0 Å². The first-order valence-electron chi connectivity index (χ1n) is 8.95. The number of likely N-dealkylation sites (N-methyl/N-ethyl adjacent to an activating group) is 1. The van der Waals surface area contributed by atoms with E-state index < -0.39 is 6.04 Å². The first-order valence-corrected chi connectivity index (χ1v) is 11.1. The van der Waals surface area contributed by atoms with E-state index in [-0.39, 0.29) is 22.9 Å². The molecule has 1 fully saturated rings. The predicted molar refractivity (Wildman–Crippen MR) is 110 cm³/mol. The lowest BCUT2D eigenvalue weighted by Gasteiger charge is -2.34. The quantitative estimate of drug-likeness (QED) is 0.704. The Labute approximate surface area is 170 Å². The van der Waals surface area contributed by atoms with Crippen molar-refractivity contribution in [2.75, 3.05) is 19.1 Å². The Balaban J connectivity index is 2.09. The zero-order valence-corrected chi connectivity index (χ0v) is 17.6. The molecule has 1 aromatic carbocycles. The van der Waals surface area contributed by atoms with E-state index in [0.29, 0.717) is 17.0 Å². The maximum Gasteiger partial charge on any atom is 0.253 e. The average Bonchev–Trinajstić information content (AvgIpc) is 2.64. The highest BCUT2D eigenvalue weighted by Crippen LogP contribution is 2.23. The van der Waals surface area contributed by atoms with Crippen LogP contribution in [-0.4, -0.2) is 47.9 Å². The number of halogens is 2. The molecule has 7 heteroatoms. The minimum absolute atomic E-state index is 0.0237. The van der Waals surface area contributed by atoms with Gasteiger partial charge >= 0.3 is 0 Å². The molecule has 0 spiro atoms. The largest absolute Gasteiger partial charge is 0.341 e. The molecular weight excluding hydrogens is 391 g/mol. The summed E-state index contributed by atoms with van der Waals surface area (Å²) in [6, 6.07) is 4.46. The molecule has 1 aliphatic carbocycles. The minimum Gasteiger partial charge on any atom is -0.341 e. The number of benzene rings is 1. The minimum atomic E-state index is -0.548. The molecule has 0 heterocycles. The number of hydrogen-bond acceptors (Lipinski definition) is 3. The highest BCUT2D eigenvalue weighted by molar-refractivity contribution is 7.98. The van der Waals surface area contributed by atoms with Crippen molar-refractivity contribution in [3.63, 3.8) is 0 Å². The van der Waals surface area contributed by atoms with E-state index in [1.165, 1.54) is 12.5 Å². The summed E-state index contributed by atoms with van der Waals surface area (Å²) >= 11 is 13.7. The van der Waals surface area contributed by atoms with Crippen LogP contribution in [-0.2, 0) is 4.79 Å². The van der Waals surface area contributed by atoms with E-state index in [0.717, 1.165) is 31.4 Å². The van der Waals surface area contributed by atoms with Crippen molar-refractivity contribution in [1.82, 2.24) is 10.2 Å². The average molecular weight is 417 g/mol. The summed E-state index contributed by atoms with van der Waals surface area (Å²) in [5, 5.41) is 3.63. The fourth-order valence-electron chi connectivity index (χ4n) is 3.30. The maximum atomic E-state index is 13.0. The third-order valence-corrected chi connectivity index (χ3v) is 6.05. The van der Waals surface area contributed by atoms with Gasteiger partial charge in [0.05, 0.1) is 10.6 Å². The van der Waals surface area contributed by atoms with Gasteiger partial charge in [-0.2, -0.15) is 11.8 Å². The fraction of sp³-hybridized carbons (Fsp3) is 0.579. The van der Waals surface area contributed by atoms with Crippen LogP contribution in [0.15, 0.2) is 18.2 Å². The lowest BCUT2D eigenvalue weighted by molar-refractivity contribution is -0.134. The Morgan fingerprint density at radius 2 is 1.96 bits per heavy atom. The number of carbonyl (C=O) groups is 2. The standard InChI is InChI=1S/C19H26Cl2N2O2S/c1-23(14-6-4-3-5-7-14)19(25)17(10-11-26-2)22-18(24)15-9-8-13(20)12-16(15)21/h8-9,12,14,17H,3-7,10-11H2,1-2H3,(H,22,24). The van der Waals surface area contributed by atoms with Gasteiger partial charge in [-0.15, -0.1) is 0 Å². The van der Waals surface area contributed by atoms with Crippen LogP contribution >= 0.6 is 35.0 Å². The second-order valence-electron chi connectivity index (χ2n) is 6.67. The summed E-state index contributed by atoms with van der Waals surface area (Å²) in [6.45, 7) is 0. The zero-order chi connectivity index (χ0) is 19.1. The van der Waals surface area contributed by atoms with E-state index in [9.17, 15) is 9.59 Å². The van der Waals surface area contributed by atoms with Crippen molar-refractivity contribution >= 4 is 46.8 Å². The molecule has 2 amide bonds. The van der Waals surface area contributed by atoms with Gasteiger partial charge in [0.1, 0.15) is 6.04 Å². The van der Waals surface area contributed by atoms with Gasteiger partial charge in [-0.1, -0.05) is 42.5 Å². The molecule has 0 saturated heterocycles. The van der Waals surface area contributed by atoms with Gasteiger partial charge in [-0.25, -0.2) is 0 Å². The van der Waals surface area contributed by atoms with Crippen LogP contribution in [0, 0.1) is 0 Å². The predicted octanol–water partition coefficient (Wildman–Crippen LogP) is 4.64. The number of thioether (sulfide) groups is 1. The molecule has 0 aromatic heterocycles. The SMILES string of the molecule is CSCCC(NC(=O)c1ccc(Cl)cc1Cl)C(=O)N(C)C1CCCCC1. The molecule has 1 unspecified atom stereocenters. The Morgan fingerprint density at radius 3 is 2.58 bits per heavy atom. The number of nitrogens with zero attached hydrogens (tertiary/aromatic N) is 1. The molecule has 26 heavy (non-hydrogen) atoms. The molecule has 4 nitrogen and oxygen atoms in total. The second-order valence-corrected chi connectivity index (χ2v) is 8.50. The number of rotatable bonds is 7. The van der Waals surface area contributed by atoms with Crippen molar-refractivity contribution < 1.29 is 9.59 Å². The van der Waals surface area contributed by atoms with E-state index in [1.54, 1.807) is 23.9 Å². The summed E-state index contributed by atoms with van der Waals surface area (Å²) in [5.41, 5.74) is 0.332. The molecule has 1 aromatic rings. The number of amides is 2. The normalized spacial score (nSPS) is 16.2. The molecule has 1 atom stereocenters. The molecule has 1 saturated carbocycles. The van der Waals surface area contributed by atoms with Gasteiger partial charge in [0.2, 0.25) is 5.91 Å². The molecule has 0 radical (unpaired) electrons. The van der Waals surface area contributed by atoms with Gasteiger partial charge in [0.25, 0.3) is 5.91 Å². The summed E-state index contributed by atoms with van der Waals surface area (Å²) in [5.74, 6) is 0.427. The highest BCUT2D eigenvalue weighted by atomic mass is 35.5.